The van der Waals surface area contributed by atoms with Gasteiger partial charge in [-0.3, -0.25) is 4.79 Å². The Morgan fingerprint density at radius 1 is 1.25 bits per heavy atom. The summed E-state index contributed by atoms with van der Waals surface area (Å²) in [5.41, 5.74) is -2.44. The molecule has 0 aromatic heterocycles. The lowest BCUT2D eigenvalue weighted by molar-refractivity contribution is -0.169. The van der Waals surface area contributed by atoms with Crippen LogP contribution in [0.2, 0.25) is 0 Å². The quantitative estimate of drug-likeness (QED) is 0.423. The third-order valence-corrected chi connectivity index (χ3v) is 2.53. The van der Waals surface area contributed by atoms with Crippen LogP contribution >= 0.6 is 0 Å². The van der Waals surface area contributed by atoms with Gasteiger partial charge >= 0.3 is 5.97 Å². The van der Waals surface area contributed by atoms with E-state index in [4.69, 9.17) is 10.2 Å². The molecule has 0 saturated carbocycles. The zero-order valence-corrected chi connectivity index (χ0v) is 9.77. The highest BCUT2D eigenvalue weighted by Gasteiger charge is 2.44. The third-order valence-electron chi connectivity index (χ3n) is 2.53. The molecule has 16 heavy (non-hydrogen) atoms. The van der Waals surface area contributed by atoms with Gasteiger partial charge in [0.05, 0.1) is 0 Å². The van der Waals surface area contributed by atoms with Crippen LogP contribution in [0, 0.1) is 0 Å². The molecule has 2 atom stereocenters. The first-order chi connectivity index (χ1) is 7.36. The van der Waals surface area contributed by atoms with Crippen molar-refractivity contribution in [3.63, 3.8) is 0 Å². The molecule has 5 nitrogen and oxygen atoms in total. The Balaban J connectivity index is 4.46. The van der Waals surface area contributed by atoms with Crippen molar-refractivity contribution in [3.05, 3.63) is 0 Å². The number of aliphatic hydroxyl groups is 2. The number of carbonyl (C=O) groups is 2. The Kier molecular flexibility index (Phi) is 6.21. The molecule has 0 amide bonds. The summed E-state index contributed by atoms with van der Waals surface area (Å²) in [6.07, 6.45) is 1.52. The van der Waals surface area contributed by atoms with Crippen LogP contribution in [0.1, 0.15) is 46.0 Å². The van der Waals surface area contributed by atoms with Crippen molar-refractivity contribution in [1.82, 2.24) is 0 Å². The van der Waals surface area contributed by atoms with Crippen LogP contribution in [-0.4, -0.2) is 38.8 Å². The monoisotopic (exact) mass is 232 g/mol. The molecule has 0 radical (unpaired) electrons. The van der Waals surface area contributed by atoms with E-state index in [9.17, 15) is 14.7 Å². The molecule has 5 heteroatoms. The fraction of sp³-hybridized carbons (Fsp3) is 0.818. The maximum atomic E-state index is 11.4. The van der Waals surface area contributed by atoms with Gasteiger partial charge < -0.3 is 15.3 Å². The maximum Gasteiger partial charge on any atom is 0.343 e. The molecule has 0 aliphatic carbocycles. The van der Waals surface area contributed by atoms with E-state index in [0.29, 0.717) is 6.42 Å². The number of rotatable bonds is 8. The van der Waals surface area contributed by atoms with Gasteiger partial charge in [-0.05, 0) is 19.8 Å². The van der Waals surface area contributed by atoms with E-state index in [1.165, 1.54) is 0 Å². The average molecular weight is 232 g/mol. The van der Waals surface area contributed by atoms with Crippen LogP contribution in [0.15, 0.2) is 0 Å². The Morgan fingerprint density at radius 3 is 2.19 bits per heavy atom. The summed E-state index contributed by atoms with van der Waals surface area (Å²) in [5, 5.41) is 27.6. The normalized spacial score (nSPS) is 16.5. The number of aliphatic carboxylic acids is 1. The highest BCUT2D eigenvalue weighted by molar-refractivity contribution is 6.07. The lowest BCUT2D eigenvalue weighted by Crippen LogP contribution is -2.50. The Labute approximate surface area is 95.1 Å². The van der Waals surface area contributed by atoms with Crippen molar-refractivity contribution in [3.8, 4) is 0 Å². The van der Waals surface area contributed by atoms with Crippen LogP contribution in [0.5, 0.6) is 0 Å². The number of ketones is 1. The van der Waals surface area contributed by atoms with Gasteiger partial charge in [-0.15, -0.1) is 0 Å². The molecule has 0 bridgehead atoms. The van der Waals surface area contributed by atoms with Gasteiger partial charge in [0.15, 0.2) is 0 Å². The maximum absolute atomic E-state index is 11.4. The second-order valence-corrected chi connectivity index (χ2v) is 4.02. The lowest BCUT2D eigenvalue weighted by atomic mass is 9.89. The Hall–Kier alpha value is -0.940. The molecule has 3 N–H and O–H groups in total. The number of hydrogen-bond donors (Lipinski definition) is 3. The third kappa shape index (κ3) is 3.90. The van der Waals surface area contributed by atoms with Crippen molar-refractivity contribution < 1.29 is 24.9 Å². The summed E-state index contributed by atoms with van der Waals surface area (Å²) < 4.78 is 0. The summed E-state index contributed by atoms with van der Waals surface area (Å²) in [7, 11) is 0. The average Bonchev–Trinajstić information content (AvgIpc) is 2.22. The van der Waals surface area contributed by atoms with Crippen molar-refractivity contribution in [1.29, 1.82) is 0 Å². The molecule has 0 aromatic rings. The second kappa shape index (κ2) is 6.60. The minimum absolute atomic E-state index is 0.147. The zero-order chi connectivity index (χ0) is 12.8. The largest absolute Gasteiger partial charge is 0.479 e. The number of carbonyl (C=O) groups excluding carboxylic acids is 1. The van der Waals surface area contributed by atoms with Gasteiger partial charge in [0.1, 0.15) is 6.10 Å². The highest BCUT2D eigenvalue weighted by Crippen LogP contribution is 2.19. The first-order valence-corrected chi connectivity index (χ1v) is 5.54. The van der Waals surface area contributed by atoms with E-state index in [1.54, 1.807) is 0 Å². The molecule has 0 spiro atoms. The number of carboxylic acids is 1. The lowest BCUT2D eigenvalue weighted by Gasteiger charge is -2.23. The summed E-state index contributed by atoms with van der Waals surface area (Å²) in [6, 6.07) is 0. The summed E-state index contributed by atoms with van der Waals surface area (Å²) in [6.45, 7) is 3.16. The molecule has 0 aliphatic rings. The minimum atomic E-state index is -2.44. The zero-order valence-electron chi connectivity index (χ0n) is 9.77. The van der Waals surface area contributed by atoms with Crippen LogP contribution in [-0.2, 0) is 9.59 Å². The van der Waals surface area contributed by atoms with Crippen molar-refractivity contribution in [2.75, 3.05) is 0 Å². The van der Waals surface area contributed by atoms with E-state index in [-0.39, 0.29) is 6.42 Å². The molecular formula is C11H20O5. The number of unbranched alkanes of at least 4 members (excludes halogenated alkanes) is 3. The van der Waals surface area contributed by atoms with E-state index < -0.39 is 23.5 Å². The van der Waals surface area contributed by atoms with Gasteiger partial charge in [-0.2, -0.15) is 0 Å². The second-order valence-electron chi connectivity index (χ2n) is 4.02. The first kappa shape index (κ1) is 15.1. The van der Waals surface area contributed by atoms with Gasteiger partial charge in [-0.25, -0.2) is 4.79 Å². The summed E-state index contributed by atoms with van der Waals surface area (Å²) in [4.78, 5) is 22.2. The van der Waals surface area contributed by atoms with Gasteiger partial charge in [-0.1, -0.05) is 26.2 Å². The van der Waals surface area contributed by atoms with Gasteiger partial charge in [0.2, 0.25) is 11.4 Å². The van der Waals surface area contributed by atoms with Crippen LogP contribution < -0.4 is 0 Å². The molecule has 0 heterocycles. The fourth-order valence-corrected chi connectivity index (χ4v) is 1.49. The van der Waals surface area contributed by atoms with Gasteiger partial charge in [0, 0.05) is 0 Å². The predicted octanol–water partition coefficient (Wildman–Crippen LogP) is 0.722. The molecule has 0 fully saturated rings. The molecule has 94 valence electrons. The van der Waals surface area contributed by atoms with Crippen LogP contribution in [0.25, 0.3) is 0 Å². The fourth-order valence-electron chi connectivity index (χ4n) is 1.49. The number of Topliss-reactive ketones (excluding diaryl/α,β-unsaturated/α-hetero) is 1. The minimum Gasteiger partial charge on any atom is -0.479 e. The smallest absolute Gasteiger partial charge is 0.343 e. The van der Waals surface area contributed by atoms with Crippen LogP contribution in [0.4, 0.5) is 0 Å². The predicted molar refractivity (Wildman–Crippen MR) is 58.0 cm³/mol. The van der Waals surface area contributed by atoms with Crippen molar-refractivity contribution in [2.24, 2.45) is 0 Å². The van der Waals surface area contributed by atoms with Gasteiger partial charge in [0.25, 0.3) is 0 Å². The molecule has 0 saturated heterocycles. The number of carboxylic acid groups (broad SMARTS) is 1. The number of aliphatic hydroxyl groups excluding tert-OH is 1. The number of hydrogen-bond acceptors (Lipinski definition) is 4. The Bertz CT molecular complexity index is 249. The van der Waals surface area contributed by atoms with E-state index in [1.807, 2.05) is 6.92 Å². The van der Waals surface area contributed by atoms with E-state index in [2.05, 4.69) is 0 Å². The Morgan fingerprint density at radius 2 is 1.81 bits per heavy atom. The highest BCUT2D eigenvalue weighted by atomic mass is 16.4. The van der Waals surface area contributed by atoms with E-state index >= 15 is 0 Å². The molecule has 2 unspecified atom stereocenters. The SMILES string of the molecule is CCCCCCC(O)(C(=O)O)C(=O)C(C)O. The molecule has 0 aromatic carbocycles. The first-order valence-electron chi connectivity index (χ1n) is 5.54. The summed E-state index contributed by atoms with van der Waals surface area (Å²) in [5.74, 6) is -2.63. The molecule has 0 rings (SSSR count). The van der Waals surface area contributed by atoms with E-state index in [0.717, 1.165) is 26.2 Å². The standard InChI is InChI=1S/C11H20O5/c1-3-4-5-6-7-11(16,10(14)15)9(13)8(2)12/h8,12,16H,3-7H2,1-2H3,(H,14,15). The molecular weight excluding hydrogens is 212 g/mol. The molecule has 0 aliphatic heterocycles. The van der Waals surface area contributed by atoms with Crippen molar-refractivity contribution in [2.45, 2.75) is 57.7 Å². The summed E-state index contributed by atoms with van der Waals surface area (Å²) >= 11 is 0. The van der Waals surface area contributed by atoms with Crippen molar-refractivity contribution >= 4 is 11.8 Å². The topological polar surface area (TPSA) is 94.8 Å². The van der Waals surface area contributed by atoms with Crippen LogP contribution in [0.3, 0.4) is 0 Å².